The van der Waals surface area contributed by atoms with Gasteiger partial charge in [-0.1, -0.05) is 24.3 Å². The van der Waals surface area contributed by atoms with Gasteiger partial charge in [-0.05, 0) is 30.2 Å². The van der Waals surface area contributed by atoms with E-state index in [0.717, 1.165) is 12.1 Å². The summed E-state index contributed by atoms with van der Waals surface area (Å²) < 4.78 is 3.97. The van der Waals surface area contributed by atoms with Gasteiger partial charge in [0.15, 0.2) is 0 Å². The fourth-order valence-electron chi connectivity index (χ4n) is 2.91. The van der Waals surface area contributed by atoms with Crippen molar-refractivity contribution in [1.82, 2.24) is 19.6 Å². The van der Waals surface area contributed by atoms with Gasteiger partial charge in [-0.25, -0.2) is 0 Å². The Bertz CT molecular complexity index is 946. The lowest BCUT2D eigenvalue weighted by Crippen LogP contribution is -2.01. The molecular weight excluding hydrogens is 260 g/mol. The van der Waals surface area contributed by atoms with Crippen molar-refractivity contribution in [3.63, 3.8) is 0 Å². The summed E-state index contributed by atoms with van der Waals surface area (Å²) in [6.45, 7) is 2.88. The molecule has 0 bridgehead atoms. The summed E-state index contributed by atoms with van der Waals surface area (Å²) in [4.78, 5) is 0. The summed E-state index contributed by atoms with van der Waals surface area (Å²) in [7, 11) is 1.97. The Labute approximate surface area is 122 Å². The number of hydrogen-bond donors (Lipinski definition) is 0. The molecule has 0 aliphatic heterocycles. The summed E-state index contributed by atoms with van der Waals surface area (Å²) >= 11 is 0. The molecule has 4 nitrogen and oxygen atoms in total. The van der Waals surface area contributed by atoms with Crippen LogP contribution < -0.4 is 0 Å². The first kappa shape index (κ1) is 12.1. The number of aromatic nitrogens is 4. The summed E-state index contributed by atoms with van der Waals surface area (Å²) in [6.07, 6.45) is 3.88. The van der Waals surface area contributed by atoms with Gasteiger partial charge in [0, 0.05) is 17.8 Å². The lowest BCUT2D eigenvalue weighted by atomic mass is 10.1. The van der Waals surface area contributed by atoms with Crippen LogP contribution in [-0.4, -0.2) is 19.6 Å². The molecule has 104 valence electrons. The molecule has 2 aromatic carbocycles. The van der Waals surface area contributed by atoms with Gasteiger partial charge in [-0.2, -0.15) is 10.2 Å². The van der Waals surface area contributed by atoms with E-state index in [1.54, 1.807) is 0 Å². The van der Waals surface area contributed by atoms with Crippen molar-refractivity contribution in [2.24, 2.45) is 7.05 Å². The highest BCUT2D eigenvalue weighted by Gasteiger charge is 2.09. The molecule has 0 saturated carbocycles. The van der Waals surface area contributed by atoms with Gasteiger partial charge in [0.2, 0.25) is 0 Å². The Hall–Kier alpha value is -2.62. The fourth-order valence-corrected chi connectivity index (χ4v) is 2.91. The monoisotopic (exact) mass is 276 g/mol. The van der Waals surface area contributed by atoms with Gasteiger partial charge < -0.3 is 0 Å². The largest absolute Gasteiger partial charge is 0.268 e. The first-order chi connectivity index (χ1) is 10.2. The van der Waals surface area contributed by atoms with Crippen LogP contribution in [0.5, 0.6) is 0 Å². The van der Waals surface area contributed by atoms with Crippen LogP contribution >= 0.6 is 0 Å². The van der Waals surface area contributed by atoms with Crippen molar-refractivity contribution < 1.29 is 0 Å². The Kier molecular flexibility index (Phi) is 2.57. The van der Waals surface area contributed by atoms with E-state index in [-0.39, 0.29) is 0 Å². The molecule has 21 heavy (non-hydrogen) atoms. The minimum atomic E-state index is 0.760. The average Bonchev–Trinajstić information content (AvgIpc) is 3.06. The summed E-state index contributed by atoms with van der Waals surface area (Å²) in [5.41, 5.74) is 4.83. The topological polar surface area (TPSA) is 35.6 Å². The maximum atomic E-state index is 4.55. The first-order valence-electron chi connectivity index (χ1n) is 7.05. The molecule has 4 aromatic rings. The Morgan fingerprint density at radius 2 is 1.67 bits per heavy atom. The SMILES string of the molecule is Cc1cccc2c1cnn2Cc1cccc2c1cnn2C. The Balaban J connectivity index is 1.85. The lowest BCUT2D eigenvalue weighted by molar-refractivity contribution is 0.715. The minimum absolute atomic E-state index is 0.760. The van der Waals surface area contributed by atoms with Gasteiger partial charge in [0.1, 0.15) is 0 Å². The van der Waals surface area contributed by atoms with Crippen molar-refractivity contribution in [3.8, 4) is 0 Å². The molecule has 0 aliphatic rings. The average molecular weight is 276 g/mol. The molecule has 0 amide bonds. The number of hydrogen-bond acceptors (Lipinski definition) is 2. The molecule has 0 N–H and O–H groups in total. The fraction of sp³-hybridized carbons (Fsp3) is 0.176. The molecule has 2 aromatic heterocycles. The smallest absolute Gasteiger partial charge is 0.0689 e. The van der Waals surface area contributed by atoms with E-state index >= 15 is 0 Å². The lowest BCUT2D eigenvalue weighted by Gasteiger charge is -2.06. The third-order valence-corrected chi connectivity index (χ3v) is 4.11. The van der Waals surface area contributed by atoms with E-state index in [2.05, 4.69) is 58.2 Å². The standard InChI is InChI=1S/C17H16N4/c1-12-5-3-8-17-14(12)9-19-21(17)11-13-6-4-7-16-15(13)10-18-20(16)2/h3-10H,11H2,1-2H3. The van der Waals surface area contributed by atoms with E-state index in [9.17, 15) is 0 Å². The number of fused-ring (bicyclic) bond motifs is 2. The molecule has 4 rings (SSSR count). The molecule has 0 atom stereocenters. The van der Waals surface area contributed by atoms with Crippen LogP contribution in [0.15, 0.2) is 48.8 Å². The highest BCUT2D eigenvalue weighted by atomic mass is 15.3. The van der Waals surface area contributed by atoms with Gasteiger partial charge >= 0.3 is 0 Å². The summed E-state index contributed by atoms with van der Waals surface area (Å²) in [5.74, 6) is 0. The van der Waals surface area contributed by atoms with Crippen LogP contribution in [0.2, 0.25) is 0 Å². The van der Waals surface area contributed by atoms with E-state index in [1.165, 1.54) is 27.4 Å². The number of benzene rings is 2. The van der Waals surface area contributed by atoms with Crippen molar-refractivity contribution in [2.75, 3.05) is 0 Å². The molecule has 4 heteroatoms. The van der Waals surface area contributed by atoms with Crippen LogP contribution in [0.4, 0.5) is 0 Å². The second-order valence-corrected chi connectivity index (χ2v) is 5.43. The van der Waals surface area contributed by atoms with Crippen LogP contribution in [0.25, 0.3) is 21.8 Å². The third kappa shape index (κ3) is 1.83. The van der Waals surface area contributed by atoms with Crippen molar-refractivity contribution in [3.05, 3.63) is 59.9 Å². The van der Waals surface area contributed by atoms with Gasteiger partial charge in [0.25, 0.3) is 0 Å². The quantitative estimate of drug-likeness (QED) is 0.563. The van der Waals surface area contributed by atoms with Crippen molar-refractivity contribution >= 4 is 21.8 Å². The Morgan fingerprint density at radius 1 is 0.905 bits per heavy atom. The van der Waals surface area contributed by atoms with Crippen LogP contribution in [0.3, 0.4) is 0 Å². The van der Waals surface area contributed by atoms with Crippen LogP contribution in [0.1, 0.15) is 11.1 Å². The predicted octanol–water partition coefficient (Wildman–Crippen LogP) is 3.28. The molecule has 2 heterocycles. The van der Waals surface area contributed by atoms with Crippen LogP contribution in [0, 0.1) is 6.92 Å². The predicted molar refractivity (Wildman–Crippen MR) is 84.3 cm³/mol. The van der Waals surface area contributed by atoms with E-state index in [0.29, 0.717) is 0 Å². The van der Waals surface area contributed by atoms with E-state index < -0.39 is 0 Å². The molecule has 0 unspecified atom stereocenters. The molecular formula is C17H16N4. The van der Waals surface area contributed by atoms with Gasteiger partial charge in [-0.3, -0.25) is 9.36 Å². The zero-order valence-corrected chi connectivity index (χ0v) is 12.1. The zero-order chi connectivity index (χ0) is 14.4. The number of rotatable bonds is 2. The van der Waals surface area contributed by atoms with Gasteiger partial charge in [-0.15, -0.1) is 0 Å². The second-order valence-electron chi connectivity index (χ2n) is 5.43. The Morgan fingerprint density at radius 3 is 2.57 bits per heavy atom. The molecule has 0 saturated heterocycles. The highest BCUT2D eigenvalue weighted by molar-refractivity contribution is 5.84. The number of aryl methyl sites for hydroxylation is 2. The molecule has 0 radical (unpaired) electrons. The summed E-state index contributed by atoms with van der Waals surface area (Å²) in [5, 5.41) is 11.3. The van der Waals surface area contributed by atoms with Crippen molar-refractivity contribution in [1.29, 1.82) is 0 Å². The normalized spacial score (nSPS) is 11.5. The maximum Gasteiger partial charge on any atom is 0.0689 e. The van der Waals surface area contributed by atoms with Gasteiger partial charge in [0.05, 0.1) is 30.0 Å². The van der Waals surface area contributed by atoms with E-state index in [4.69, 9.17) is 0 Å². The molecule has 0 fully saturated rings. The second kappa shape index (κ2) is 4.45. The van der Waals surface area contributed by atoms with Crippen LogP contribution in [-0.2, 0) is 13.6 Å². The third-order valence-electron chi connectivity index (χ3n) is 4.11. The zero-order valence-electron chi connectivity index (χ0n) is 12.1. The maximum absolute atomic E-state index is 4.55. The summed E-state index contributed by atoms with van der Waals surface area (Å²) in [6, 6.07) is 12.6. The highest BCUT2D eigenvalue weighted by Crippen LogP contribution is 2.22. The first-order valence-corrected chi connectivity index (χ1v) is 7.05. The molecule has 0 spiro atoms. The van der Waals surface area contributed by atoms with E-state index in [1.807, 2.05) is 24.1 Å². The van der Waals surface area contributed by atoms with Crippen molar-refractivity contribution in [2.45, 2.75) is 13.5 Å². The number of nitrogens with zero attached hydrogens (tertiary/aromatic N) is 4. The minimum Gasteiger partial charge on any atom is -0.268 e. The molecule has 0 aliphatic carbocycles.